The lowest BCUT2D eigenvalue weighted by molar-refractivity contribution is 0.212. The molecule has 0 aliphatic carbocycles. The van der Waals surface area contributed by atoms with Crippen LogP contribution in [0.2, 0.25) is 0 Å². The van der Waals surface area contributed by atoms with Crippen LogP contribution in [-0.4, -0.2) is 67.3 Å². The molecule has 0 saturated carbocycles. The predicted octanol–water partition coefficient (Wildman–Crippen LogP) is 5.31. The van der Waals surface area contributed by atoms with Gasteiger partial charge in [0, 0.05) is 30.4 Å². The second-order valence-corrected chi connectivity index (χ2v) is 10.4. The fourth-order valence-electron chi connectivity index (χ4n) is 5.41. The first-order valence-electron chi connectivity index (χ1n) is 13.5. The zero-order chi connectivity index (χ0) is 27.5. The van der Waals surface area contributed by atoms with E-state index in [9.17, 15) is 8.78 Å². The number of halogens is 3. The number of piperidine rings is 1. The molecule has 0 unspecified atom stereocenters. The molecule has 2 aliphatic rings. The SMILES string of the molecule is CNCCN1CCC(c2ccc(Nc3ncc(F)c(-c4cc(F)c5c(c4)N(C(C)C)CCO5)n3)cc2F)CC1. The maximum absolute atomic E-state index is 15.1. The van der Waals surface area contributed by atoms with Gasteiger partial charge in [0.2, 0.25) is 5.95 Å². The number of likely N-dealkylation sites (tertiary alicyclic amines) is 1. The van der Waals surface area contributed by atoms with E-state index in [-0.39, 0.29) is 40.7 Å². The average molecular weight is 541 g/mol. The van der Waals surface area contributed by atoms with Crippen LogP contribution in [-0.2, 0) is 0 Å². The van der Waals surface area contributed by atoms with Gasteiger partial charge in [-0.3, -0.25) is 0 Å². The van der Waals surface area contributed by atoms with Gasteiger partial charge in [-0.1, -0.05) is 6.07 Å². The van der Waals surface area contributed by atoms with E-state index in [0.29, 0.717) is 30.1 Å². The van der Waals surface area contributed by atoms with Crippen molar-refractivity contribution < 1.29 is 17.9 Å². The number of hydrogen-bond donors (Lipinski definition) is 2. The number of nitrogens with zero attached hydrogens (tertiary/aromatic N) is 4. The van der Waals surface area contributed by atoms with Crippen LogP contribution in [0.3, 0.4) is 0 Å². The Morgan fingerprint density at radius 3 is 2.54 bits per heavy atom. The number of fused-ring (bicyclic) bond motifs is 1. The minimum Gasteiger partial charge on any atom is -0.486 e. The third kappa shape index (κ3) is 5.96. The largest absolute Gasteiger partial charge is 0.486 e. The molecule has 0 radical (unpaired) electrons. The molecule has 3 heterocycles. The summed E-state index contributed by atoms with van der Waals surface area (Å²) in [6, 6.07) is 8.02. The van der Waals surface area contributed by atoms with Crippen LogP contribution < -0.4 is 20.3 Å². The zero-order valence-electron chi connectivity index (χ0n) is 22.6. The van der Waals surface area contributed by atoms with Crippen LogP contribution in [0, 0.1) is 17.5 Å². The van der Waals surface area contributed by atoms with E-state index in [0.717, 1.165) is 45.2 Å². The lowest BCUT2D eigenvalue weighted by Crippen LogP contribution is -2.38. The van der Waals surface area contributed by atoms with Crippen LogP contribution in [0.5, 0.6) is 5.75 Å². The number of hydrogen-bond acceptors (Lipinski definition) is 7. The van der Waals surface area contributed by atoms with E-state index in [4.69, 9.17) is 4.74 Å². The van der Waals surface area contributed by atoms with Gasteiger partial charge in [0.1, 0.15) is 18.1 Å². The summed E-state index contributed by atoms with van der Waals surface area (Å²) in [6.45, 7) is 8.82. The van der Waals surface area contributed by atoms with Gasteiger partial charge in [0.15, 0.2) is 17.4 Å². The predicted molar refractivity (Wildman–Crippen MR) is 147 cm³/mol. The van der Waals surface area contributed by atoms with E-state index in [2.05, 4.69) is 25.5 Å². The highest BCUT2D eigenvalue weighted by Gasteiger charge is 2.26. The molecule has 1 fully saturated rings. The molecule has 5 rings (SSSR count). The van der Waals surface area contributed by atoms with Gasteiger partial charge in [-0.05, 0) is 82.6 Å². The third-order valence-electron chi connectivity index (χ3n) is 7.51. The number of ether oxygens (including phenoxy) is 1. The lowest BCUT2D eigenvalue weighted by atomic mass is 9.89. The Balaban J connectivity index is 1.34. The van der Waals surface area contributed by atoms with Crippen LogP contribution >= 0.6 is 0 Å². The van der Waals surface area contributed by atoms with Crippen molar-refractivity contribution in [2.75, 3.05) is 56.6 Å². The standard InChI is InChI=1S/C29H35F3N6O/c1-18(2)38-12-13-39-28-24(31)14-20(15-26(28)38)27-25(32)17-34-29(36-27)35-21-4-5-22(23(30)16-21)19-6-9-37(10-7-19)11-8-33-3/h4-5,14-19,33H,6-13H2,1-3H3,(H,34,35,36). The molecule has 208 valence electrons. The molecule has 2 N–H and O–H groups in total. The van der Waals surface area contributed by atoms with Gasteiger partial charge in [0.05, 0.1) is 18.4 Å². The summed E-state index contributed by atoms with van der Waals surface area (Å²) < 4.78 is 50.5. The number of nitrogens with one attached hydrogen (secondary N) is 2. The third-order valence-corrected chi connectivity index (χ3v) is 7.51. The van der Waals surface area contributed by atoms with Crippen LogP contribution in [0.25, 0.3) is 11.3 Å². The normalized spacial score (nSPS) is 16.3. The average Bonchev–Trinajstić information content (AvgIpc) is 2.93. The maximum Gasteiger partial charge on any atom is 0.227 e. The number of anilines is 3. The summed E-state index contributed by atoms with van der Waals surface area (Å²) in [5.74, 6) is -1.13. The van der Waals surface area contributed by atoms with Crippen LogP contribution in [0.1, 0.15) is 38.2 Å². The molecule has 39 heavy (non-hydrogen) atoms. The summed E-state index contributed by atoms with van der Waals surface area (Å²) in [5.41, 5.74) is 1.94. The Morgan fingerprint density at radius 1 is 1.03 bits per heavy atom. The van der Waals surface area contributed by atoms with Gasteiger partial charge < -0.3 is 25.2 Å². The van der Waals surface area contributed by atoms with Crippen molar-refractivity contribution in [3.63, 3.8) is 0 Å². The van der Waals surface area contributed by atoms with E-state index in [1.165, 1.54) is 12.1 Å². The molecule has 3 aromatic rings. The first kappa shape index (κ1) is 27.2. The lowest BCUT2D eigenvalue weighted by Gasteiger charge is -2.34. The van der Waals surface area contributed by atoms with E-state index in [1.807, 2.05) is 25.8 Å². The highest BCUT2D eigenvalue weighted by atomic mass is 19.1. The Bertz CT molecular complexity index is 1310. The summed E-state index contributed by atoms with van der Waals surface area (Å²) in [7, 11) is 1.94. The quantitative estimate of drug-likeness (QED) is 0.402. The van der Waals surface area contributed by atoms with Gasteiger partial charge in [-0.25, -0.2) is 23.1 Å². The van der Waals surface area contributed by atoms with Gasteiger partial charge in [-0.15, -0.1) is 0 Å². The fraction of sp³-hybridized carbons (Fsp3) is 0.448. The minimum atomic E-state index is -0.685. The van der Waals surface area contributed by atoms with E-state index in [1.54, 1.807) is 18.2 Å². The summed E-state index contributed by atoms with van der Waals surface area (Å²) >= 11 is 0. The molecule has 7 nitrogen and oxygen atoms in total. The van der Waals surface area contributed by atoms with Crippen LogP contribution in [0.4, 0.5) is 30.5 Å². The highest BCUT2D eigenvalue weighted by molar-refractivity contribution is 5.73. The van der Waals surface area contributed by atoms with Gasteiger partial charge in [0.25, 0.3) is 0 Å². The van der Waals surface area contributed by atoms with Crippen molar-refractivity contribution in [3.8, 4) is 17.0 Å². The molecule has 0 atom stereocenters. The molecule has 0 amide bonds. The van der Waals surface area contributed by atoms with Crippen molar-refractivity contribution in [2.24, 2.45) is 0 Å². The molecule has 0 bridgehead atoms. The van der Waals surface area contributed by atoms with Gasteiger partial charge >= 0.3 is 0 Å². The molecular weight excluding hydrogens is 505 g/mol. The Labute approximate surface area is 227 Å². The monoisotopic (exact) mass is 540 g/mol. The number of benzene rings is 2. The highest BCUT2D eigenvalue weighted by Crippen LogP contribution is 2.39. The molecule has 1 saturated heterocycles. The van der Waals surface area contributed by atoms with E-state index < -0.39 is 11.6 Å². The topological polar surface area (TPSA) is 65.5 Å². The molecular formula is C29H35F3N6O. The van der Waals surface area contributed by atoms with Crippen molar-refractivity contribution in [2.45, 2.75) is 38.6 Å². The first-order valence-corrected chi connectivity index (χ1v) is 13.5. The second kappa shape index (κ2) is 11.8. The summed E-state index contributed by atoms with van der Waals surface area (Å²) in [5, 5.41) is 6.14. The fourth-order valence-corrected chi connectivity index (χ4v) is 5.41. The van der Waals surface area contributed by atoms with Crippen molar-refractivity contribution in [3.05, 3.63) is 59.5 Å². The zero-order valence-corrected chi connectivity index (χ0v) is 22.6. The van der Waals surface area contributed by atoms with Crippen molar-refractivity contribution in [1.29, 1.82) is 0 Å². The number of aromatic nitrogens is 2. The number of rotatable bonds is 8. The van der Waals surface area contributed by atoms with Gasteiger partial charge in [-0.2, -0.15) is 0 Å². The molecule has 0 spiro atoms. The van der Waals surface area contributed by atoms with Crippen molar-refractivity contribution >= 4 is 17.3 Å². The summed E-state index contributed by atoms with van der Waals surface area (Å²) in [4.78, 5) is 12.8. The maximum atomic E-state index is 15.1. The van der Waals surface area contributed by atoms with Crippen LogP contribution in [0.15, 0.2) is 36.5 Å². The minimum absolute atomic E-state index is 0.0504. The molecule has 2 aromatic carbocycles. The molecule has 2 aliphatic heterocycles. The van der Waals surface area contributed by atoms with Crippen molar-refractivity contribution in [1.82, 2.24) is 20.2 Å². The Hall–Kier alpha value is -3.37. The van der Waals surface area contributed by atoms with E-state index >= 15 is 4.39 Å². The smallest absolute Gasteiger partial charge is 0.227 e. The molecule has 10 heteroatoms. The Morgan fingerprint density at radius 2 is 1.82 bits per heavy atom. The second-order valence-electron chi connectivity index (χ2n) is 10.4. The first-order chi connectivity index (χ1) is 18.8. The molecule has 1 aromatic heterocycles. The Kier molecular flexibility index (Phi) is 8.23. The summed E-state index contributed by atoms with van der Waals surface area (Å²) in [6.07, 6.45) is 2.86. The number of likely N-dealkylation sites (N-methyl/N-ethyl adjacent to an activating group) is 1.